The highest BCUT2D eigenvalue weighted by Gasteiger charge is 2.25. The Balaban J connectivity index is 2.04. The summed E-state index contributed by atoms with van der Waals surface area (Å²) in [5.74, 6) is 0.661. The maximum atomic E-state index is 5.58. The van der Waals surface area contributed by atoms with Gasteiger partial charge in [0.2, 0.25) is 0 Å². The molecule has 1 aliphatic carbocycles. The lowest BCUT2D eigenvalue weighted by Crippen LogP contribution is -2.37. The quantitative estimate of drug-likeness (QED) is 0.632. The van der Waals surface area contributed by atoms with Gasteiger partial charge in [0.15, 0.2) is 0 Å². The molecule has 0 radical (unpaired) electrons. The topological polar surface area (TPSA) is 47.3 Å². The van der Waals surface area contributed by atoms with Crippen LogP contribution in [0.1, 0.15) is 39.0 Å². The number of hydrogen-bond donors (Lipinski definition) is 2. The van der Waals surface area contributed by atoms with Crippen LogP contribution < -0.4 is 11.1 Å². The van der Waals surface area contributed by atoms with Crippen molar-refractivity contribution in [2.75, 3.05) is 20.2 Å². The van der Waals surface area contributed by atoms with Crippen LogP contribution in [0.3, 0.4) is 0 Å². The van der Waals surface area contributed by atoms with Gasteiger partial charge >= 0.3 is 0 Å². The van der Waals surface area contributed by atoms with E-state index in [1.165, 1.54) is 32.1 Å². The summed E-state index contributed by atoms with van der Waals surface area (Å²) in [5, 5.41) is 3.60. The maximum Gasteiger partial charge on any atom is 0.0724 e. The molecule has 1 aliphatic rings. The molecule has 1 fully saturated rings. The summed E-state index contributed by atoms with van der Waals surface area (Å²) in [5.41, 5.74) is 5.58. The zero-order valence-electron chi connectivity index (χ0n) is 10.2. The van der Waals surface area contributed by atoms with Crippen LogP contribution in [0.5, 0.6) is 0 Å². The zero-order chi connectivity index (χ0) is 11.1. The van der Waals surface area contributed by atoms with Gasteiger partial charge in [0, 0.05) is 13.2 Å². The second-order valence-corrected chi connectivity index (χ2v) is 4.75. The van der Waals surface area contributed by atoms with Crippen LogP contribution in [0, 0.1) is 5.92 Å². The van der Waals surface area contributed by atoms with Crippen molar-refractivity contribution in [3.63, 3.8) is 0 Å². The SMILES string of the molecule is COC1CCCC1NCCCC(C)CN. The summed E-state index contributed by atoms with van der Waals surface area (Å²) in [6.07, 6.45) is 6.68. The van der Waals surface area contributed by atoms with Crippen LogP contribution >= 0.6 is 0 Å². The normalized spacial score (nSPS) is 28.2. The Bertz CT molecular complexity index is 164. The van der Waals surface area contributed by atoms with Crippen molar-refractivity contribution in [1.82, 2.24) is 5.32 Å². The fraction of sp³-hybridized carbons (Fsp3) is 1.00. The number of hydrogen-bond acceptors (Lipinski definition) is 3. The maximum absolute atomic E-state index is 5.58. The van der Waals surface area contributed by atoms with E-state index >= 15 is 0 Å². The van der Waals surface area contributed by atoms with Crippen LogP contribution in [0.2, 0.25) is 0 Å². The second-order valence-electron chi connectivity index (χ2n) is 4.75. The third-order valence-electron chi connectivity index (χ3n) is 3.44. The van der Waals surface area contributed by atoms with Gasteiger partial charge < -0.3 is 15.8 Å². The highest BCUT2D eigenvalue weighted by atomic mass is 16.5. The predicted octanol–water partition coefficient (Wildman–Crippen LogP) is 1.52. The average molecular weight is 214 g/mol. The highest BCUT2D eigenvalue weighted by Crippen LogP contribution is 2.21. The van der Waals surface area contributed by atoms with Gasteiger partial charge in [0.05, 0.1) is 6.10 Å². The van der Waals surface area contributed by atoms with Crippen LogP contribution in [0.15, 0.2) is 0 Å². The van der Waals surface area contributed by atoms with E-state index in [1.807, 2.05) is 7.11 Å². The summed E-state index contributed by atoms with van der Waals surface area (Å²) in [6, 6.07) is 0.586. The van der Waals surface area contributed by atoms with Crippen molar-refractivity contribution in [1.29, 1.82) is 0 Å². The van der Waals surface area contributed by atoms with Crippen molar-refractivity contribution >= 4 is 0 Å². The number of nitrogens with two attached hydrogens (primary N) is 1. The first-order valence-corrected chi connectivity index (χ1v) is 6.24. The minimum Gasteiger partial charge on any atom is -0.380 e. The van der Waals surface area contributed by atoms with Crippen molar-refractivity contribution in [2.24, 2.45) is 11.7 Å². The minimum absolute atomic E-state index is 0.442. The molecule has 1 saturated carbocycles. The molecule has 0 amide bonds. The van der Waals surface area contributed by atoms with E-state index in [0.29, 0.717) is 18.1 Å². The fourth-order valence-corrected chi connectivity index (χ4v) is 2.30. The van der Waals surface area contributed by atoms with Gasteiger partial charge in [-0.2, -0.15) is 0 Å². The van der Waals surface area contributed by atoms with Gasteiger partial charge in [-0.25, -0.2) is 0 Å². The molecular formula is C12H26N2O. The molecule has 15 heavy (non-hydrogen) atoms. The van der Waals surface area contributed by atoms with E-state index < -0.39 is 0 Å². The Kier molecular flexibility index (Phi) is 6.22. The summed E-state index contributed by atoms with van der Waals surface area (Å²) >= 11 is 0. The van der Waals surface area contributed by atoms with Crippen LogP contribution in [-0.2, 0) is 4.74 Å². The van der Waals surface area contributed by atoms with Gasteiger partial charge in [-0.05, 0) is 51.1 Å². The lowest BCUT2D eigenvalue weighted by molar-refractivity contribution is 0.0851. The Labute approximate surface area is 93.8 Å². The van der Waals surface area contributed by atoms with Crippen LogP contribution in [-0.4, -0.2) is 32.3 Å². The van der Waals surface area contributed by atoms with Crippen LogP contribution in [0.25, 0.3) is 0 Å². The van der Waals surface area contributed by atoms with Crippen molar-refractivity contribution in [2.45, 2.75) is 51.2 Å². The molecule has 0 spiro atoms. The standard InChI is InChI=1S/C12H26N2O/c1-10(9-13)5-4-8-14-11-6-3-7-12(11)15-2/h10-12,14H,3-9,13H2,1-2H3. The molecule has 0 aromatic rings. The summed E-state index contributed by atoms with van der Waals surface area (Å²) < 4.78 is 5.44. The lowest BCUT2D eigenvalue weighted by atomic mass is 10.1. The first-order chi connectivity index (χ1) is 7.27. The number of rotatable bonds is 7. The smallest absolute Gasteiger partial charge is 0.0724 e. The summed E-state index contributed by atoms with van der Waals surface area (Å²) in [6.45, 7) is 4.13. The molecule has 3 unspecified atom stereocenters. The molecule has 0 bridgehead atoms. The zero-order valence-corrected chi connectivity index (χ0v) is 10.2. The fourth-order valence-electron chi connectivity index (χ4n) is 2.30. The Hall–Kier alpha value is -0.120. The van der Waals surface area contributed by atoms with E-state index in [0.717, 1.165) is 13.1 Å². The summed E-state index contributed by atoms with van der Waals surface area (Å²) in [4.78, 5) is 0. The number of nitrogens with one attached hydrogen (secondary N) is 1. The summed E-state index contributed by atoms with van der Waals surface area (Å²) in [7, 11) is 1.82. The van der Waals surface area contributed by atoms with Gasteiger partial charge in [0.1, 0.15) is 0 Å². The molecule has 0 aromatic carbocycles. The Morgan fingerprint density at radius 2 is 2.27 bits per heavy atom. The molecule has 0 aliphatic heterocycles. The molecule has 3 heteroatoms. The Morgan fingerprint density at radius 3 is 2.93 bits per heavy atom. The first-order valence-electron chi connectivity index (χ1n) is 6.24. The second kappa shape index (κ2) is 7.20. The van der Waals surface area contributed by atoms with E-state index in [1.54, 1.807) is 0 Å². The minimum atomic E-state index is 0.442. The molecule has 0 saturated heterocycles. The van der Waals surface area contributed by atoms with E-state index in [4.69, 9.17) is 10.5 Å². The van der Waals surface area contributed by atoms with E-state index in [-0.39, 0.29) is 0 Å². The average Bonchev–Trinajstić information content (AvgIpc) is 2.71. The molecule has 3 atom stereocenters. The van der Waals surface area contributed by atoms with Crippen molar-refractivity contribution in [3.05, 3.63) is 0 Å². The van der Waals surface area contributed by atoms with Gasteiger partial charge in [0.25, 0.3) is 0 Å². The monoisotopic (exact) mass is 214 g/mol. The molecule has 0 heterocycles. The number of methoxy groups -OCH3 is 1. The molecule has 90 valence electrons. The molecule has 3 nitrogen and oxygen atoms in total. The highest BCUT2D eigenvalue weighted by molar-refractivity contribution is 4.83. The number of ether oxygens (including phenoxy) is 1. The third-order valence-corrected chi connectivity index (χ3v) is 3.44. The Morgan fingerprint density at radius 1 is 1.47 bits per heavy atom. The molecular weight excluding hydrogens is 188 g/mol. The van der Waals surface area contributed by atoms with Gasteiger partial charge in [-0.3, -0.25) is 0 Å². The molecule has 1 rings (SSSR count). The molecule has 0 aromatic heterocycles. The van der Waals surface area contributed by atoms with Gasteiger partial charge in [-0.15, -0.1) is 0 Å². The van der Waals surface area contributed by atoms with Crippen LogP contribution in [0.4, 0.5) is 0 Å². The van der Waals surface area contributed by atoms with E-state index in [9.17, 15) is 0 Å². The first kappa shape index (κ1) is 12.9. The van der Waals surface area contributed by atoms with Gasteiger partial charge in [-0.1, -0.05) is 6.92 Å². The largest absolute Gasteiger partial charge is 0.380 e. The molecule has 3 N–H and O–H groups in total. The van der Waals surface area contributed by atoms with Crippen molar-refractivity contribution in [3.8, 4) is 0 Å². The lowest BCUT2D eigenvalue weighted by Gasteiger charge is -2.20. The third kappa shape index (κ3) is 4.49. The predicted molar refractivity (Wildman–Crippen MR) is 63.9 cm³/mol. The van der Waals surface area contributed by atoms with Crippen molar-refractivity contribution < 1.29 is 4.74 Å². The van der Waals surface area contributed by atoms with E-state index in [2.05, 4.69) is 12.2 Å².